The van der Waals surface area contributed by atoms with Gasteiger partial charge in [-0.3, -0.25) is 5.32 Å². The number of hydrogen-bond donors (Lipinski definition) is 1. The molecule has 0 aromatic rings. The van der Waals surface area contributed by atoms with E-state index in [-0.39, 0.29) is 0 Å². The number of rotatable bonds is 11. The molecule has 0 aromatic carbocycles. The van der Waals surface area contributed by atoms with Gasteiger partial charge in [-0.25, -0.2) is 0 Å². The zero-order valence-corrected chi connectivity index (χ0v) is 11.1. The summed E-state index contributed by atoms with van der Waals surface area (Å²) in [5.41, 5.74) is -0.592. The van der Waals surface area contributed by atoms with Gasteiger partial charge in [-0.15, -0.1) is 0 Å². The Bertz CT molecular complexity index is 218. The van der Waals surface area contributed by atoms with Crippen LogP contribution in [0.2, 0.25) is 0 Å². The number of ether oxygens (including phenoxy) is 3. The molecule has 1 unspecified atom stereocenters. The first-order valence-electron chi connectivity index (χ1n) is 5.99. The summed E-state index contributed by atoms with van der Waals surface area (Å²) in [6.45, 7) is 7.47. The van der Waals surface area contributed by atoms with Crippen molar-refractivity contribution in [1.29, 1.82) is 5.26 Å². The molecule has 0 fully saturated rings. The molecule has 0 rings (SSSR count). The third kappa shape index (κ3) is 9.07. The van der Waals surface area contributed by atoms with Gasteiger partial charge in [-0.2, -0.15) is 5.26 Å². The number of hydrogen-bond acceptors (Lipinski definition) is 5. The van der Waals surface area contributed by atoms with Gasteiger partial charge in [0.25, 0.3) is 0 Å². The van der Waals surface area contributed by atoms with Crippen molar-refractivity contribution in [2.24, 2.45) is 0 Å². The van der Waals surface area contributed by atoms with Crippen molar-refractivity contribution >= 4 is 0 Å². The van der Waals surface area contributed by atoms with Crippen LogP contribution in [-0.2, 0) is 14.2 Å². The van der Waals surface area contributed by atoms with Crippen molar-refractivity contribution in [1.82, 2.24) is 5.32 Å². The molecule has 0 aliphatic heterocycles. The van der Waals surface area contributed by atoms with Crippen LogP contribution in [-0.4, -0.2) is 52.2 Å². The van der Waals surface area contributed by atoms with E-state index in [0.717, 1.165) is 13.0 Å². The summed E-state index contributed by atoms with van der Waals surface area (Å²) in [6, 6.07) is 2.21. The van der Waals surface area contributed by atoms with Gasteiger partial charge in [0.2, 0.25) is 0 Å². The van der Waals surface area contributed by atoms with Crippen LogP contribution in [0.1, 0.15) is 20.3 Å². The Morgan fingerprint density at radius 3 is 2.47 bits per heavy atom. The van der Waals surface area contributed by atoms with E-state index in [0.29, 0.717) is 33.0 Å². The molecule has 17 heavy (non-hydrogen) atoms. The average molecular weight is 244 g/mol. The summed E-state index contributed by atoms with van der Waals surface area (Å²) in [5, 5.41) is 12.1. The van der Waals surface area contributed by atoms with Crippen LogP contribution in [0.5, 0.6) is 0 Å². The molecule has 0 spiro atoms. The fourth-order valence-electron chi connectivity index (χ4n) is 1.30. The standard InChI is InChI=1S/C12H24N2O3/c1-4-14-12(2,10-13)11-17-7-5-6-16-9-8-15-3/h14H,4-9,11H2,1-3H3. The smallest absolute Gasteiger partial charge is 0.127 e. The molecule has 0 heterocycles. The number of likely N-dealkylation sites (N-methyl/N-ethyl adjacent to an activating group) is 1. The van der Waals surface area contributed by atoms with Gasteiger partial charge in [0.1, 0.15) is 5.54 Å². The molecular weight excluding hydrogens is 220 g/mol. The number of nitriles is 1. The zero-order valence-electron chi connectivity index (χ0n) is 11.1. The summed E-state index contributed by atoms with van der Waals surface area (Å²) in [6.07, 6.45) is 0.831. The minimum atomic E-state index is -0.592. The first kappa shape index (κ1) is 16.3. The van der Waals surface area contributed by atoms with Crippen molar-refractivity contribution in [2.75, 3.05) is 46.7 Å². The quantitative estimate of drug-likeness (QED) is 0.548. The van der Waals surface area contributed by atoms with Gasteiger partial charge in [-0.1, -0.05) is 6.92 Å². The van der Waals surface area contributed by atoms with E-state index in [4.69, 9.17) is 19.5 Å². The summed E-state index contributed by atoms with van der Waals surface area (Å²) in [7, 11) is 1.65. The highest BCUT2D eigenvalue weighted by Gasteiger charge is 2.22. The molecule has 1 N–H and O–H groups in total. The maximum atomic E-state index is 8.99. The van der Waals surface area contributed by atoms with Gasteiger partial charge in [-0.05, 0) is 19.9 Å². The molecule has 0 bridgehead atoms. The highest BCUT2D eigenvalue weighted by molar-refractivity contribution is 5.03. The summed E-state index contributed by atoms with van der Waals surface area (Å²) >= 11 is 0. The largest absolute Gasteiger partial charge is 0.382 e. The van der Waals surface area contributed by atoms with Crippen LogP contribution in [0.25, 0.3) is 0 Å². The second kappa shape index (κ2) is 10.5. The van der Waals surface area contributed by atoms with E-state index in [1.54, 1.807) is 7.11 Å². The molecule has 0 saturated carbocycles. The molecule has 0 aliphatic rings. The van der Waals surface area contributed by atoms with Crippen LogP contribution in [0.15, 0.2) is 0 Å². The number of methoxy groups -OCH3 is 1. The monoisotopic (exact) mass is 244 g/mol. The third-order valence-electron chi connectivity index (χ3n) is 2.21. The molecule has 100 valence electrons. The van der Waals surface area contributed by atoms with E-state index in [9.17, 15) is 0 Å². The number of nitrogens with one attached hydrogen (secondary N) is 1. The van der Waals surface area contributed by atoms with Crippen LogP contribution in [0.3, 0.4) is 0 Å². The van der Waals surface area contributed by atoms with Crippen LogP contribution in [0, 0.1) is 11.3 Å². The van der Waals surface area contributed by atoms with Gasteiger partial charge in [0.15, 0.2) is 0 Å². The van der Waals surface area contributed by atoms with E-state index in [1.165, 1.54) is 0 Å². The van der Waals surface area contributed by atoms with E-state index < -0.39 is 5.54 Å². The molecule has 5 heteroatoms. The second-order valence-electron chi connectivity index (χ2n) is 3.99. The second-order valence-corrected chi connectivity index (χ2v) is 3.99. The van der Waals surface area contributed by atoms with E-state index >= 15 is 0 Å². The molecule has 0 aromatic heterocycles. The van der Waals surface area contributed by atoms with Crippen molar-refractivity contribution in [2.45, 2.75) is 25.8 Å². The Morgan fingerprint density at radius 2 is 1.88 bits per heavy atom. The maximum absolute atomic E-state index is 8.99. The maximum Gasteiger partial charge on any atom is 0.127 e. The highest BCUT2D eigenvalue weighted by Crippen LogP contribution is 2.02. The SMILES string of the molecule is CCNC(C)(C#N)COCCCOCCOC. The minimum absolute atomic E-state index is 0.398. The summed E-state index contributed by atoms with van der Waals surface area (Å²) < 4.78 is 15.6. The number of nitrogens with zero attached hydrogens (tertiary/aromatic N) is 1. The molecule has 1 atom stereocenters. The predicted octanol–water partition coefficient (Wildman–Crippen LogP) is 0.948. The lowest BCUT2D eigenvalue weighted by Crippen LogP contribution is -2.45. The molecule has 5 nitrogen and oxygen atoms in total. The van der Waals surface area contributed by atoms with Crippen LogP contribution in [0.4, 0.5) is 0 Å². The van der Waals surface area contributed by atoms with Crippen molar-refractivity contribution in [3.8, 4) is 6.07 Å². The van der Waals surface area contributed by atoms with Crippen molar-refractivity contribution in [3.63, 3.8) is 0 Å². The lowest BCUT2D eigenvalue weighted by atomic mass is 10.1. The lowest BCUT2D eigenvalue weighted by Gasteiger charge is -2.22. The molecule has 0 aliphatic carbocycles. The lowest BCUT2D eigenvalue weighted by molar-refractivity contribution is 0.0437. The highest BCUT2D eigenvalue weighted by atomic mass is 16.5. The molecule has 0 saturated heterocycles. The van der Waals surface area contributed by atoms with Crippen molar-refractivity contribution in [3.05, 3.63) is 0 Å². The van der Waals surface area contributed by atoms with E-state index in [1.807, 2.05) is 13.8 Å². The first-order valence-corrected chi connectivity index (χ1v) is 5.99. The fraction of sp³-hybridized carbons (Fsp3) is 0.917. The van der Waals surface area contributed by atoms with Crippen LogP contribution < -0.4 is 5.32 Å². The van der Waals surface area contributed by atoms with Gasteiger partial charge < -0.3 is 14.2 Å². The average Bonchev–Trinajstić information content (AvgIpc) is 2.33. The van der Waals surface area contributed by atoms with E-state index in [2.05, 4.69) is 11.4 Å². The van der Waals surface area contributed by atoms with Crippen molar-refractivity contribution < 1.29 is 14.2 Å². The summed E-state index contributed by atoms with van der Waals surface area (Å²) in [5.74, 6) is 0. The fourth-order valence-corrected chi connectivity index (χ4v) is 1.30. The Labute approximate surface area is 104 Å². The molecule has 0 amide bonds. The van der Waals surface area contributed by atoms with Gasteiger partial charge in [0, 0.05) is 20.3 Å². The zero-order chi connectivity index (χ0) is 13.0. The van der Waals surface area contributed by atoms with Gasteiger partial charge in [0.05, 0.1) is 25.9 Å². The van der Waals surface area contributed by atoms with Gasteiger partial charge >= 0.3 is 0 Å². The molecule has 0 radical (unpaired) electrons. The normalized spacial score (nSPS) is 14.2. The van der Waals surface area contributed by atoms with Crippen LogP contribution >= 0.6 is 0 Å². The predicted molar refractivity (Wildman–Crippen MR) is 65.8 cm³/mol. The summed E-state index contributed by atoms with van der Waals surface area (Å²) in [4.78, 5) is 0. The Morgan fingerprint density at radius 1 is 1.18 bits per heavy atom. The third-order valence-corrected chi connectivity index (χ3v) is 2.21. The Balaban J connectivity index is 3.41. The minimum Gasteiger partial charge on any atom is -0.382 e. The molecular formula is C12H24N2O3. The topological polar surface area (TPSA) is 63.5 Å². The first-order chi connectivity index (χ1) is 8.18. The Kier molecular flexibility index (Phi) is 10.1. The Hall–Kier alpha value is -0.670.